The standard InChI is InChI=1S/C37H26N4O12/c42-23-9-11-27-30(17-23)52-31-18-24(10-12-28(31)37(27)26-7-3-2-6-25(26)36(47)53-37)50-16-15-38-40(34(45)19-39-32(43)13-14-33(39)44)20-35(46)51-21-22-5-1-4-8-29(22)41(48)49/h1-15,17-18,42H,16,19-21H2/b38-15-/t37-/m0/s1. The monoisotopic (exact) mass is 718 g/mol. The molecule has 1 N–H and O–H groups in total. The molecule has 0 bridgehead atoms. The number of aromatic hydroxyl groups is 1. The van der Waals surface area contributed by atoms with Crippen molar-refractivity contribution in [3.63, 3.8) is 0 Å². The molecule has 3 aliphatic rings. The highest BCUT2D eigenvalue weighted by atomic mass is 16.6. The second kappa shape index (κ2) is 13.7. The Morgan fingerprint density at radius 1 is 0.925 bits per heavy atom. The number of phenols is 1. The van der Waals surface area contributed by atoms with Gasteiger partial charge in [0.15, 0.2) is 5.60 Å². The van der Waals surface area contributed by atoms with Crippen LogP contribution in [0.3, 0.4) is 0 Å². The first-order chi connectivity index (χ1) is 25.5. The number of para-hydroxylation sites is 1. The molecule has 3 heterocycles. The summed E-state index contributed by atoms with van der Waals surface area (Å²) in [6, 6.07) is 22.0. The molecule has 4 aromatic rings. The summed E-state index contributed by atoms with van der Waals surface area (Å²) in [5.74, 6) is -3.12. The van der Waals surface area contributed by atoms with Gasteiger partial charge in [-0.15, -0.1) is 0 Å². The molecule has 0 saturated carbocycles. The zero-order valence-electron chi connectivity index (χ0n) is 27.4. The predicted octanol–water partition coefficient (Wildman–Crippen LogP) is 3.73. The van der Waals surface area contributed by atoms with E-state index in [1.54, 1.807) is 48.5 Å². The summed E-state index contributed by atoms with van der Waals surface area (Å²) in [5, 5.41) is 26.3. The summed E-state index contributed by atoms with van der Waals surface area (Å²) in [5.41, 5.74) is 0.498. The van der Waals surface area contributed by atoms with Crippen molar-refractivity contribution in [2.24, 2.45) is 5.10 Å². The molecule has 16 nitrogen and oxygen atoms in total. The first kappa shape index (κ1) is 34.1. The van der Waals surface area contributed by atoms with Crippen LogP contribution < -0.4 is 9.47 Å². The van der Waals surface area contributed by atoms with Gasteiger partial charge < -0.3 is 24.1 Å². The molecule has 266 valence electrons. The summed E-state index contributed by atoms with van der Waals surface area (Å²) in [7, 11) is 0. The van der Waals surface area contributed by atoms with E-state index in [0.717, 1.165) is 18.4 Å². The molecule has 0 fully saturated rings. The number of benzene rings is 4. The smallest absolute Gasteiger partial charge is 0.340 e. The van der Waals surface area contributed by atoms with E-state index in [2.05, 4.69) is 5.10 Å². The number of phenolic OH excluding ortho intramolecular Hbond substituents is 1. The lowest BCUT2D eigenvalue weighted by Crippen LogP contribution is -2.42. The molecule has 53 heavy (non-hydrogen) atoms. The fourth-order valence-electron chi connectivity index (χ4n) is 6.13. The zero-order chi connectivity index (χ0) is 37.3. The van der Waals surface area contributed by atoms with Crippen LogP contribution in [-0.2, 0) is 40.9 Å². The third-order valence-corrected chi connectivity index (χ3v) is 8.55. The molecular formula is C37H26N4O12. The van der Waals surface area contributed by atoms with E-state index in [1.807, 2.05) is 0 Å². The molecule has 0 aliphatic carbocycles. The maximum absolute atomic E-state index is 13.2. The van der Waals surface area contributed by atoms with Gasteiger partial charge in [0.1, 0.15) is 49.3 Å². The lowest BCUT2D eigenvalue weighted by molar-refractivity contribution is -0.385. The van der Waals surface area contributed by atoms with Gasteiger partial charge in [0, 0.05) is 47.0 Å². The largest absolute Gasteiger partial charge is 0.508 e. The summed E-state index contributed by atoms with van der Waals surface area (Å²) < 4.78 is 23.2. The van der Waals surface area contributed by atoms with Crippen LogP contribution in [0.15, 0.2) is 102 Å². The molecule has 1 spiro atoms. The average molecular weight is 719 g/mol. The summed E-state index contributed by atoms with van der Waals surface area (Å²) in [6.07, 6.45) is 3.15. The number of hydrogen-bond donors (Lipinski definition) is 1. The number of hydrogen-bond acceptors (Lipinski definition) is 13. The summed E-state index contributed by atoms with van der Waals surface area (Å²) in [4.78, 5) is 74.5. The molecule has 0 saturated heterocycles. The summed E-state index contributed by atoms with van der Waals surface area (Å²) >= 11 is 0. The van der Waals surface area contributed by atoms with Gasteiger partial charge in [0.25, 0.3) is 23.4 Å². The number of nitro benzene ring substituents is 1. The third-order valence-electron chi connectivity index (χ3n) is 8.55. The molecule has 7 rings (SSSR count). The number of hydrazone groups is 1. The van der Waals surface area contributed by atoms with Crippen molar-refractivity contribution in [1.82, 2.24) is 9.91 Å². The maximum Gasteiger partial charge on any atom is 0.340 e. The van der Waals surface area contributed by atoms with E-state index < -0.39 is 59.9 Å². The number of amides is 3. The Bertz CT molecular complexity index is 2270. The van der Waals surface area contributed by atoms with Crippen LogP contribution in [0, 0.1) is 10.1 Å². The van der Waals surface area contributed by atoms with Crippen LogP contribution >= 0.6 is 0 Å². The topological polar surface area (TPSA) is 204 Å². The minimum Gasteiger partial charge on any atom is -0.508 e. The SMILES string of the molecule is O=C(CN(/N=C\COc1ccc2c(c1)Oc1cc(O)ccc1[C@]21OC(=O)c2ccccc21)C(=O)CN1C(=O)C=CC1=O)OCc1ccccc1[N+](=O)[O-]. The number of carbonyl (C=O) groups excluding carboxylic acids is 5. The fraction of sp³-hybridized carbons (Fsp3) is 0.135. The molecule has 0 unspecified atom stereocenters. The third kappa shape index (κ3) is 6.40. The average Bonchev–Trinajstić information content (AvgIpc) is 3.62. The number of esters is 2. The number of nitro groups is 1. The fourth-order valence-corrected chi connectivity index (χ4v) is 6.13. The maximum atomic E-state index is 13.2. The second-order valence-corrected chi connectivity index (χ2v) is 11.8. The Balaban J connectivity index is 1.09. The van der Waals surface area contributed by atoms with Crippen molar-refractivity contribution < 1.29 is 52.9 Å². The molecule has 0 radical (unpaired) electrons. The first-order valence-electron chi connectivity index (χ1n) is 15.9. The zero-order valence-corrected chi connectivity index (χ0v) is 27.4. The van der Waals surface area contributed by atoms with E-state index in [9.17, 15) is 39.2 Å². The number of fused-ring (bicyclic) bond motifs is 6. The highest BCUT2D eigenvalue weighted by Crippen LogP contribution is 2.56. The van der Waals surface area contributed by atoms with Crippen LogP contribution in [-0.4, -0.2) is 75.5 Å². The van der Waals surface area contributed by atoms with E-state index >= 15 is 0 Å². The number of imide groups is 1. The van der Waals surface area contributed by atoms with Gasteiger partial charge in [-0.05, 0) is 36.4 Å². The van der Waals surface area contributed by atoms with Crippen LogP contribution in [0.2, 0.25) is 0 Å². The van der Waals surface area contributed by atoms with E-state index in [4.69, 9.17) is 18.9 Å². The Hall–Kier alpha value is -7.36. The van der Waals surface area contributed by atoms with Gasteiger partial charge in [-0.25, -0.2) is 9.80 Å². The molecule has 4 aromatic carbocycles. The van der Waals surface area contributed by atoms with Gasteiger partial charge in [0.05, 0.1) is 22.3 Å². The van der Waals surface area contributed by atoms with Crippen molar-refractivity contribution >= 4 is 41.6 Å². The molecular weight excluding hydrogens is 692 g/mol. The van der Waals surface area contributed by atoms with Crippen LogP contribution in [0.5, 0.6) is 23.0 Å². The van der Waals surface area contributed by atoms with Gasteiger partial charge in [0.2, 0.25) is 0 Å². The second-order valence-electron chi connectivity index (χ2n) is 11.8. The van der Waals surface area contributed by atoms with Gasteiger partial charge >= 0.3 is 11.9 Å². The highest BCUT2D eigenvalue weighted by molar-refractivity contribution is 6.14. The molecule has 3 aliphatic heterocycles. The Morgan fingerprint density at radius 3 is 2.40 bits per heavy atom. The lowest BCUT2D eigenvalue weighted by atomic mass is 9.77. The van der Waals surface area contributed by atoms with Crippen molar-refractivity contribution in [2.45, 2.75) is 12.2 Å². The number of rotatable bonds is 11. The molecule has 3 amide bonds. The Morgan fingerprint density at radius 2 is 1.62 bits per heavy atom. The van der Waals surface area contributed by atoms with Crippen molar-refractivity contribution in [1.29, 1.82) is 0 Å². The van der Waals surface area contributed by atoms with Crippen molar-refractivity contribution in [3.8, 4) is 23.0 Å². The molecule has 16 heteroatoms. The highest BCUT2D eigenvalue weighted by Gasteiger charge is 2.53. The first-order valence-corrected chi connectivity index (χ1v) is 15.9. The minimum atomic E-state index is -1.36. The Labute approximate surface area is 299 Å². The van der Waals surface area contributed by atoms with Gasteiger partial charge in [-0.1, -0.05) is 30.3 Å². The number of ether oxygens (including phenoxy) is 4. The van der Waals surface area contributed by atoms with E-state index in [0.29, 0.717) is 32.2 Å². The summed E-state index contributed by atoms with van der Waals surface area (Å²) in [6.45, 7) is -2.21. The minimum absolute atomic E-state index is 0.0670. The number of carbonyl (C=O) groups is 5. The van der Waals surface area contributed by atoms with Gasteiger partial charge in [-0.2, -0.15) is 5.10 Å². The quantitative estimate of drug-likeness (QED) is 0.0775. The normalized spacial score (nSPS) is 16.5. The number of nitrogens with zero attached hydrogens (tertiary/aromatic N) is 4. The van der Waals surface area contributed by atoms with Gasteiger partial charge in [-0.3, -0.25) is 34.2 Å². The van der Waals surface area contributed by atoms with Crippen LogP contribution in [0.25, 0.3) is 0 Å². The molecule has 0 aromatic heterocycles. The molecule has 1 atom stereocenters. The van der Waals surface area contributed by atoms with E-state index in [-0.39, 0.29) is 40.9 Å². The Kier molecular flexibility index (Phi) is 8.85. The van der Waals surface area contributed by atoms with Crippen molar-refractivity contribution in [3.05, 3.63) is 135 Å². The lowest BCUT2D eigenvalue weighted by Gasteiger charge is -2.36. The van der Waals surface area contributed by atoms with Crippen molar-refractivity contribution in [2.75, 3.05) is 19.7 Å². The van der Waals surface area contributed by atoms with E-state index in [1.165, 1.54) is 36.4 Å². The van der Waals surface area contributed by atoms with Crippen LogP contribution in [0.4, 0.5) is 5.69 Å². The predicted molar refractivity (Wildman–Crippen MR) is 181 cm³/mol. The van der Waals surface area contributed by atoms with Crippen LogP contribution in [0.1, 0.15) is 32.6 Å².